The molecule has 0 aliphatic carbocycles. The summed E-state index contributed by atoms with van der Waals surface area (Å²) in [6.45, 7) is 0.207. The molecule has 0 aliphatic rings. The van der Waals surface area contributed by atoms with E-state index >= 15 is 0 Å². The van der Waals surface area contributed by atoms with Gasteiger partial charge in [-0.25, -0.2) is 9.97 Å². The minimum absolute atomic E-state index is 0.112. The average Bonchev–Trinajstić information content (AvgIpc) is 3.06. The van der Waals surface area contributed by atoms with E-state index in [1.54, 1.807) is 18.2 Å². The van der Waals surface area contributed by atoms with Crippen LogP contribution in [0.5, 0.6) is 0 Å². The number of fused-ring (bicyclic) bond motifs is 2. The molecule has 4 rings (SSSR count). The molecule has 0 unspecified atom stereocenters. The van der Waals surface area contributed by atoms with E-state index in [-0.39, 0.29) is 18.0 Å². The van der Waals surface area contributed by atoms with Gasteiger partial charge in [-0.15, -0.1) is 11.3 Å². The lowest BCUT2D eigenvalue weighted by Gasteiger charge is -2.07. The number of para-hydroxylation sites is 1. The summed E-state index contributed by atoms with van der Waals surface area (Å²) < 4.78 is 2.34. The van der Waals surface area contributed by atoms with Gasteiger partial charge in [-0.3, -0.25) is 14.2 Å². The molecule has 1 N–H and O–H groups in total. The predicted molar refractivity (Wildman–Crippen MR) is 102 cm³/mol. The van der Waals surface area contributed by atoms with E-state index in [0.717, 1.165) is 15.2 Å². The third-order valence-electron chi connectivity index (χ3n) is 3.87. The van der Waals surface area contributed by atoms with Crippen LogP contribution in [0.15, 0.2) is 53.6 Å². The highest BCUT2D eigenvalue weighted by atomic mass is 35.5. The molecule has 8 heteroatoms. The second kappa shape index (κ2) is 6.86. The predicted octanol–water partition coefficient (Wildman–Crippen LogP) is 2.98. The van der Waals surface area contributed by atoms with Crippen LogP contribution in [0.25, 0.3) is 21.1 Å². The number of benzene rings is 2. The van der Waals surface area contributed by atoms with Gasteiger partial charge in [-0.05, 0) is 30.3 Å². The Kier molecular flexibility index (Phi) is 4.40. The number of rotatable bonds is 4. The Morgan fingerprint density at radius 1 is 1.19 bits per heavy atom. The van der Waals surface area contributed by atoms with Crippen molar-refractivity contribution >= 4 is 50.0 Å². The number of carbonyl (C=O) groups is 1. The van der Waals surface area contributed by atoms with Crippen molar-refractivity contribution in [2.75, 3.05) is 0 Å². The van der Waals surface area contributed by atoms with Crippen LogP contribution in [-0.2, 0) is 17.9 Å². The standard InChI is InChI=1S/C18H13ClN4O2S/c19-11-5-6-13-12(7-11)18(25)23(10-21-13)9-16(24)20-8-17-22-14-3-1-2-4-15(14)26-17/h1-7,10H,8-9H2,(H,20,24). The number of thiazole rings is 1. The molecule has 26 heavy (non-hydrogen) atoms. The Labute approximate surface area is 157 Å². The first-order chi connectivity index (χ1) is 12.6. The van der Waals surface area contributed by atoms with Crippen molar-refractivity contribution in [2.24, 2.45) is 0 Å². The van der Waals surface area contributed by atoms with Crippen LogP contribution in [0.1, 0.15) is 5.01 Å². The van der Waals surface area contributed by atoms with E-state index in [2.05, 4.69) is 15.3 Å². The molecule has 2 aromatic heterocycles. The normalized spacial score (nSPS) is 11.1. The fourth-order valence-corrected chi connectivity index (χ4v) is 3.70. The number of hydrogen-bond donors (Lipinski definition) is 1. The summed E-state index contributed by atoms with van der Waals surface area (Å²) in [4.78, 5) is 33.4. The molecule has 6 nitrogen and oxygen atoms in total. The molecule has 0 bridgehead atoms. The topological polar surface area (TPSA) is 76.9 Å². The number of hydrogen-bond acceptors (Lipinski definition) is 5. The quantitative estimate of drug-likeness (QED) is 0.586. The van der Waals surface area contributed by atoms with Crippen LogP contribution in [0, 0.1) is 0 Å². The lowest BCUT2D eigenvalue weighted by Crippen LogP contribution is -2.32. The summed E-state index contributed by atoms with van der Waals surface area (Å²) in [5, 5.41) is 4.45. The molecule has 0 aliphatic heterocycles. The van der Waals surface area contributed by atoms with Crippen LogP contribution < -0.4 is 10.9 Å². The highest BCUT2D eigenvalue weighted by Gasteiger charge is 2.10. The molecule has 130 valence electrons. The highest BCUT2D eigenvalue weighted by molar-refractivity contribution is 7.18. The van der Waals surface area contributed by atoms with Gasteiger partial charge in [0.15, 0.2) is 0 Å². The monoisotopic (exact) mass is 384 g/mol. The first kappa shape index (κ1) is 16.7. The number of nitrogens with one attached hydrogen (secondary N) is 1. The zero-order valence-electron chi connectivity index (χ0n) is 13.5. The maximum atomic E-state index is 12.5. The lowest BCUT2D eigenvalue weighted by atomic mass is 10.2. The minimum Gasteiger partial charge on any atom is -0.348 e. The Morgan fingerprint density at radius 3 is 2.88 bits per heavy atom. The van der Waals surface area contributed by atoms with Gasteiger partial charge in [0.1, 0.15) is 11.6 Å². The molecule has 0 saturated heterocycles. The van der Waals surface area contributed by atoms with Gasteiger partial charge < -0.3 is 5.32 Å². The zero-order chi connectivity index (χ0) is 18.1. The van der Waals surface area contributed by atoms with Crippen molar-refractivity contribution in [3.8, 4) is 0 Å². The van der Waals surface area contributed by atoms with E-state index in [4.69, 9.17) is 11.6 Å². The van der Waals surface area contributed by atoms with Gasteiger partial charge >= 0.3 is 0 Å². The smallest absolute Gasteiger partial charge is 0.261 e. The molecule has 4 aromatic rings. The van der Waals surface area contributed by atoms with Crippen LogP contribution >= 0.6 is 22.9 Å². The second-order valence-corrected chi connectivity index (χ2v) is 7.24. The molecule has 0 saturated carbocycles. The molecule has 0 fully saturated rings. The van der Waals surface area contributed by atoms with Crippen LogP contribution in [0.3, 0.4) is 0 Å². The SMILES string of the molecule is O=C(Cn1cnc2ccc(Cl)cc2c1=O)NCc1nc2ccccc2s1. The highest BCUT2D eigenvalue weighted by Crippen LogP contribution is 2.21. The third-order valence-corrected chi connectivity index (χ3v) is 5.15. The number of halogens is 1. The molecule has 0 spiro atoms. The zero-order valence-corrected chi connectivity index (χ0v) is 15.0. The number of carbonyl (C=O) groups excluding carboxylic acids is 1. The van der Waals surface area contributed by atoms with Crippen molar-refractivity contribution in [3.05, 3.63) is 69.2 Å². The summed E-state index contributed by atoms with van der Waals surface area (Å²) in [6.07, 6.45) is 1.37. The molecule has 1 amide bonds. The van der Waals surface area contributed by atoms with Crippen LogP contribution in [-0.4, -0.2) is 20.4 Å². The maximum absolute atomic E-state index is 12.5. The Bertz CT molecular complexity index is 1150. The van der Waals surface area contributed by atoms with Crippen molar-refractivity contribution in [2.45, 2.75) is 13.1 Å². The van der Waals surface area contributed by atoms with E-state index in [1.165, 1.54) is 22.2 Å². The van der Waals surface area contributed by atoms with Crippen molar-refractivity contribution in [1.29, 1.82) is 0 Å². The van der Waals surface area contributed by atoms with Crippen LogP contribution in [0.4, 0.5) is 0 Å². The number of nitrogens with zero attached hydrogens (tertiary/aromatic N) is 3. The van der Waals surface area contributed by atoms with Gasteiger partial charge in [0.2, 0.25) is 5.91 Å². The molecule has 0 radical (unpaired) electrons. The third kappa shape index (κ3) is 3.31. The van der Waals surface area contributed by atoms with Gasteiger partial charge in [0.05, 0.1) is 34.0 Å². The van der Waals surface area contributed by atoms with E-state index in [0.29, 0.717) is 22.5 Å². The summed E-state index contributed by atoms with van der Waals surface area (Å²) in [7, 11) is 0. The second-order valence-electron chi connectivity index (χ2n) is 5.69. The fourth-order valence-electron chi connectivity index (χ4n) is 2.62. The van der Waals surface area contributed by atoms with Crippen molar-refractivity contribution in [3.63, 3.8) is 0 Å². The van der Waals surface area contributed by atoms with E-state index in [1.807, 2.05) is 24.3 Å². The van der Waals surface area contributed by atoms with Crippen LogP contribution in [0.2, 0.25) is 5.02 Å². The molecule has 2 heterocycles. The van der Waals surface area contributed by atoms with Crippen molar-refractivity contribution < 1.29 is 4.79 Å². The van der Waals surface area contributed by atoms with E-state index in [9.17, 15) is 9.59 Å². The van der Waals surface area contributed by atoms with Gasteiger partial charge in [0.25, 0.3) is 5.56 Å². The average molecular weight is 385 g/mol. The summed E-state index contributed by atoms with van der Waals surface area (Å²) in [5.74, 6) is -0.283. The maximum Gasteiger partial charge on any atom is 0.261 e. The molecule has 2 aromatic carbocycles. The fraction of sp³-hybridized carbons (Fsp3) is 0.111. The minimum atomic E-state index is -0.298. The molecule has 0 atom stereocenters. The molecular weight excluding hydrogens is 372 g/mol. The Morgan fingerprint density at radius 2 is 2.04 bits per heavy atom. The van der Waals surface area contributed by atoms with Gasteiger partial charge in [-0.1, -0.05) is 23.7 Å². The summed E-state index contributed by atoms with van der Waals surface area (Å²) >= 11 is 7.47. The largest absolute Gasteiger partial charge is 0.348 e. The van der Waals surface area contributed by atoms with Gasteiger partial charge in [0, 0.05) is 5.02 Å². The number of amides is 1. The lowest BCUT2D eigenvalue weighted by molar-refractivity contribution is -0.121. The number of aromatic nitrogens is 3. The first-order valence-corrected chi connectivity index (χ1v) is 9.05. The first-order valence-electron chi connectivity index (χ1n) is 7.86. The Hall–Kier alpha value is -2.77. The van der Waals surface area contributed by atoms with Gasteiger partial charge in [-0.2, -0.15) is 0 Å². The Balaban J connectivity index is 1.48. The summed E-state index contributed by atoms with van der Waals surface area (Å²) in [6, 6.07) is 12.7. The van der Waals surface area contributed by atoms with Crippen molar-refractivity contribution in [1.82, 2.24) is 19.9 Å². The van der Waals surface area contributed by atoms with E-state index < -0.39 is 0 Å². The molecular formula is C18H13ClN4O2S. The summed E-state index contributed by atoms with van der Waals surface area (Å²) in [5.41, 5.74) is 1.16.